The van der Waals surface area contributed by atoms with Crippen LogP contribution in [0.15, 0.2) is 82.3 Å². The zero-order chi connectivity index (χ0) is 26.1. The normalized spacial score (nSPS) is 16.6. The molecule has 37 heavy (non-hydrogen) atoms. The predicted molar refractivity (Wildman–Crippen MR) is 145 cm³/mol. The Morgan fingerprint density at radius 1 is 1.08 bits per heavy atom. The summed E-state index contributed by atoms with van der Waals surface area (Å²) < 4.78 is 17.7. The first-order valence-electron chi connectivity index (χ1n) is 12.0. The third-order valence-corrected chi connectivity index (χ3v) is 6.73. The molecule has 3 aromatic carbocycles. The maximum absolute atomic E-state index is 13.5. The second kappa shape index (κ2) is 12.7. The summed E-state index contributed by atoms with van der Waals surface area (Å²) in [5, 5.41) is 8.92. The Labute approximate surface area is 224 Å². The van der Waals surface area contributed by atoms with Crippen LogP contribution in [0.3, 0.4) is 0 Å². The Morgan fingerprint density at radius 2 is 1.81 bits per heavy atom. The number of aliphatic hydroxyl groups excluding tert-OH is 1. The van der Waals surface area contributed by atoms with Gasteiger partial charge < -0.3 is 19.3 Å². The summed E-state index contributed by atoms with van der Waals surface area (Å²) in [7, 11) is 1.62. The SMILES string of the molecule is COc1ccc(CNNC(=O)[C@]2(Cc3ccccc3Br)COC(c3ccc(OCCCO)cc3)=N2)cc1. The molecular formula is C28H30BrN3O5. The molecule has 1 heterocycles. The summed E-state index contributed by atoms with van der Waals surface area (Å²) in [6, 6.07) is 22.7. The third kappa shape index (κ3) is 6.88. The van der Waals surface area contributed by atoms with Gasteiger partial charge in [-0.15, -0.1) is 0 Å². The number of nitrogens with zero attached hydrogens (tertiary/aromatic N) is 1. The second-order valence-corrected chi connectivity index (χ2v) is 9.47. The summed E-state index contributed by atoms with van der Waals surface area (Å²) in [5.41, 5.74) is 7.39. The number of nitrogens with one attached hydrogen (secondary N) is 2. The van der Waals surface area contributed by atoms with Gasteiger partial charge in [0.1, 0.15) is 18.1 Å². The average molecular weight is 568 g/mol. The highest BCUT2D eigenvalue weighted by molar-refractivity contribution is 9.10. The van der Waals surface area contributed by atoms with Crippen molar-refractivity contribution >= 4 is 27.7 Å². The first-order valence-corrected chi connectivity index (χ1v) is 12.8. The van der Waals surface area contributed by atoms with Crippen LogP contribution in [0.5, 0.6) is 11.5 Å². The molecule has 194 valence electrons. The van der Waals surface area contributed by atoms with Gasteiger partial charge in [-0.05, 0) is 53.6 Å². The maximum atomic E-state index is 13.5. The van der Waals surface area contributed by atoms with E-state index in [1.165, 1.54) is 0 Å². The molecule has 0 aromatic heterocycles. The molecule has 0 radical (unpaired) electrons. The van der Waals surface area contributed by atoms with E-state index in [4.69, 9.17) is 24.3 Å². The van der Waals surface area contributed by atoms with Gasteiger partial charge in [0, 0.05) is 36.0 Å². The Morgan fingerprint density at radius 3 is 2.51 bits per heavy atom. The first kappa shape index (κ1) is 26.7. The van der Waals surface area contributed by atoms with E-state index >= 15 is 0 Å². The molecule has 1 atom stereocenters. The number of hydrogen-bond donors (Lipinski definition) is 3. The monoisotopic (exact) mass is 567 g/mol. The van der Waals surface area contributed by atoms with Gasteiger partial charge >= 0.3 is 0 Å². The number of benzene rings is 3. The summed E-state index contributed by atoms with van der Waals surface area (Å²) in [5.74, 6) is 1.58. The topological polar surface area (TPSA) is 101 Å². The fourth-order valence-electron chi connectivity index (χ4n) is 3.87. The van der Waals surface area contributed by atoms with Crippen molar-refractivity contribution < 1.29 is 24.1 Å². The number of aliphatic hydroxyl groups is 1. The van der Waals surface area contributed by atoms with Crippen LogP contribution in [0, 0.1) is 0 Å². The molecule has 0 unspecified atom stereocenters. The molecule has 0 saturated carbocycles. The largest absolute Gasteiger partial charge is 0.497 e. The summed E-state index contributed by atoms with van der Waals surface area (Å²) in [4.78, 5) is 18.3. The Balaban J connectivity index is 1.50. The Hall–Kier alpha value is -3.40. The minimum Gasteiger partial charge on any atom is -0.497 e. The van der Waals surface area contributed by atoms with Gasteiger partial charge in [0.25, 0.3) is 5.91 Å². The number of amides is 1. The van der Waals surface area contributed by atoms with E-state index in [0.717, 1.165) is 26.9 Å². The molecule has 1 aliphatic heterocycles. The van der Waals surface area contributed by atoms with E-state index in [1.54, 1.807) is 7.11 Å². The standard InChI is InChI=1S/C28H30BrN3O5/c1-35-23-11-7-20(8-12-23)18-30-32-27(34)28(17-22-5-2-3-6-25(22)29)19-37-26(31-28)21-9-13-24(14-10-21)36-16-4-15-33/h2-3,5-14,30,33H,4,15-19H2,1H3,(H,32,34)/t28-/m0/s1. The summed E-state index contributed by atoms with van der Waals surface area (Å²) in [6.07, 6.45) is 0.924. The van der Waals surface area contributed by atoms with Gasteiger partial charge in [-0.3, -0.25) is 10.2 Å². The lowest BCUT2D eigenvalue weighted by molar-refractivity contribution is -0.127. The van der Waals surface area contributed by atoms with Crippen molar-refractivity contribution in [2.75, 3.05) is 26.9 Å². The molecule has 1 amide bonds. The van der Waals surface area contributed by atoms with Crippen molar-refractivity contribution in [2.45, 2.75) is 24.9 Å². The van der Waals surface area contributed by atoms with Crippen molar-refractivity contribution in [3.63, 3.8) is 0 Å². The van der Waals surface area contributed by atoms with Gasteiger partial charge in [-0.1, -0.05) is 46.3 Å². The summed E-state index contributed by atoms with van der Waals surface area (Å²) >= 11 is 3.59. The van der Waals surface area contributed by atoms with Crippen molar-refractivity contribution in [3.8, 4) is 11.5 Å². The minimum atomic E-state index is -1.15. The van der Waals surface area contributed by atoms with E-state index in [0.29, 0.717) is 37.6 Å². The van der Waals surface area contributed by atoms with Crippen LogP contribution in [0.1, 0.15) is 23.1 Å². The molecular weight excluding hydrogens is 538 g/mol. The molecule has 0 fully saturated rings. The Bertz CT molecular complexity index is 1220. The highest BCUT2D eigenvalue weighted by Gasteiger charge is 2.45. The van der Waals surface area contributed by atoms with Gasteiger partial charge in [-0.25, -0.2) is 10.4 Å². The number of carbonyl (C=O) groups excluding carboxylic acids is 1. The smallest absolute Gasteiger partial charge is 0.266 e. The lowest BCUT2D eigenvalue weighted by Crippen LogP contribution is -2.52. The van der Waals surface area contributed by atoms with E-state index in [1.807, 2.05) is 72.8 Å². The van der Waals surface area contributed by atoms with Crippen molar-refractivity contribution in [3.05, 3.63) is 94.0 Å². The lowest BCUT2D eigenvalue weighted by Gasteiger charge is -2.24. The fourth-order valence-corrected chi connectivity index (χ4v) is 4.30. The van der Waals surface area contributed by atoms with Gasteiger partial charge in [0.15, 0.2) is 5.54 Å². The van der Waals surface area contributed by atoms with Crippen molar-refractivity contribution in [2.24, 2.45) is 4.99 Å². The molecule has 0 bridgehead atoms. The van der Waals surface area contributed by atoms with Crippen LogP contribution >= 0.6 is 15.9 Å². The summed E-state index contributed by atoms with van der Waals surface area (Å²) in [6.45, 7) is 1.07. The lowest BCUT2D eigenvalue weighted by atomic mass is 9.91. The van der Waals surface area contributed by atoms with Crippen LogP contribution in [0.2, 0.25) is 0 Å². The van der Waals surface area contributed by atoms with E-state index in [9.17, 15) is 4.79 Å². The number of ether oxygens (including phenoxy) is 3. The predicted octanol–water partition coefficient (Wildman–Crippen LogP) is 3.80. The quantitative estimate of drug-likeness (QED) is 0.227. The van der Waals surface area contributed by atoms with Crippen molar-refractivity contribution in [1.29, 1.82) is 0 Å². The minimum absolute atomic E-state index is 0.0827. The van der Waals surface area contributed by atoms with E-state index in [-0.39, 0.29) is 19.1 Å². The highest BCUT2D eigenvalue weighted by atomic mass is 79.9. The third-order valence-electron chi connectivity index (χ3n) is 5.95. The van der Waals surface area contributed by atoms with Crippen LogP contribution in [-0.2, 0) is 22.5 Å². The van der Waals surface area contributed by atoms with Crippen LogP contribution in [-0.4, -0.2) is 49.4 Å². The number of aliphatic imine (C=N–C) groups is 1. The number of methoxy groups -OCH3 is 1. The van der Waals surface area contributed by atoms with E-state index in [2.05, 4.69) is 26.8 Å². The maximum Gasteiger partial charge on any atom is 0.266 e. The molecule has 3 aromatic rings. The molecule has 9 heteroatoms. The number of halogens is 1. The molecule has 8 nitrogen and oxygen atoms in total. The van der Waals surface area contributed by atoms with Gasteiger partial charge in [0.05, 0.1) is 13.7 Å². The van der Waals surface area contributed by atoms with Crippen LogP contribution in [0.25, 0.3) is 0 Å². The zero-order valence-electron chi connectivity index (χ0n) is 20.6. The molecule has 0 spiro atoms. The van der Waals surface area contributed by atoms with Crippen LogP contribution < -0.4 is 20.3 Å². The van der Waals surface area contributed by atoms with Gasteiger partial charge in [-0.2, -0.15) is 0 Å². The van der Waals surface area contributed by atoms with Crippen LogP contribution in [0.4, 0.5) is 0 Å². The number of hydrazine groups is 1. The molecule has 0 saturated heterocycles. The highest BCUT2D eigenvalue weighted by Crippen LogP contribution is 2.30. The number of carbonyl (C=O) groups is 1. The number of hydrogen-bond acceptors (Lipinski definition) is 7. The van der Waals surface area contributed by atoms with E-state index < -0.39 is 5.54 Å². The second-order valence-electron chi connectivity index (χ2n) is 8.61. The molecule has 3 N–H and O–H groups in total. The Kier molecular flexibility index (Phi) is 9.16. The molecule has 4 rings (SSSR count). The zero-order valence-corrected chi connectivity index (χ0v) is 22.2. The molecule has 1 aliphatic rings. The molecule has 0 aliphatic carbocycles. The first-order chi connectivity index (χ1) is 18.0. The number of rotatable bonds is 12. The average Bonchev–Trinajstić information content (AvgIpc) is 3.36. The van der Waals surface area contributed by atoms with Gasteiger partial charge in [0.2, 0.25) is 5.90 Å². The fraction of sp³-hybridized carbons (Fsp3) is 0.286. The van der Waals surface area contributed by atoms with Crippen molar-refractivity contribution in [1.82, 2.24) is 10.9 Å².